The fraction of sp³-hybridized carbons (Fsp3) is 0.278. The van der Waals surface area contributed by atoms with Crippen LogP contribution in [0.25, 0.3) is 0 Å². The quantitative estimate of drug-likeness (QED) is 0.798. The van der Waals surface area contributed by atoms with Gasteiger partial charge in [-0.05, 0) is 55.7 Å². The molecule has 1 amide bonds. The Morgan fingerprint density at radius 3 is 2.17 bits per heavy atom. The summed E-state index contributed by atoms with van der Waals surface area (Å²) in [4.78, 5) is 13.5. The number of aryl methyl sites for hydroxylation is 2. The van der Waals surface area contributed by atoms with E-state index in [1.165, 1.54) is 12.1 Å². The highest BCUT2D eigenvalue weighted by molar-refractivity contribution is 7.87. The molecule has 0 bridgehead atoms. The number of nitrogens with zero attached hydrogens (tertiary/aromatic N) is 1. The molecule has 1 aliphatic heterocycles. The Balaban J connectivity index is 1.86. The van der Waals surface area contributed by atoms with Crippen LogP contribution < -0.4 is 9.08 Å². The van der Waals surface area contributed by atoms with Crippen molar-refractivity contribution in [1.82, 2.24) is 0 Å². The van der Waals surface area contributed by atoms with E-state index in [1.807, 2.05) is 6.07 Å². The predicted molar refractivity (Wildman–Crippen MR) is 91.8 cm³/mol. The van der Waals surface area contributed by atoms with E-state index >= 15 is 0 Å². The first kappa shape index (κ1) is 16.5. The summed E-state index contributed by atoms with van der Waals surface area (Å²) in [5.74, 6) is 0.425. The second kappa shape index (κ2) is 6.28. The monoisotopic (exact) mass is 345 g/mol. The van der Waals surface area contributed by atoms with Crippen LogP contribution in [-0.2, 0) is 14.9 Å². The van der Waals surface area contributed by atoms with Gasteiger partial charge in [0.15, 0.2) is 0 Å². The Labute approximate surface area is 142 Å². The summed E-state index contributed by atoms with van der Waals surface area (Å²) >= 11 is 0. The maximum atomic E-state index is 12.5. The summed E-state index contributed by atoms with van der Waals surface area (Å²) in [7, 11) is -3.92. The van der Waals surface area contributed by atoms with Gasteiger partial charge in [-0.3, -0.25) is 4.79 Å². The van der Waals surface area contributed by atoms with Gasteiger partial charge in [0, 0.05) is 18.7 Å². The van der Waals surface area contributed by atoms with Crippen LogP contribution in [0.3, 0.4) is 0 Å². The molecule has 0 radical (unpaired) electrons. The number of hydrogen-bond donors (Lipinski definition) is 0. The zero-order chi connectivity index (χ0) is 17.3. The smallest absolute Gasteiger partial charge is 0.339 e. The lowest BCUT2D eigenvalue weighted by Gasteiger charge is -2.16. The molecule has 5 nitrogen and oxygen atoms in total. The van der Waals surface area contributed by atoms with Crippen LogP contribution in [0.1, 0.15) is 24.0 Å². The zero-order valence-electron chi connectivity index (χ0n) is 13.7. The lowest BCUT2D eigenvalue weighted by atomic mass is 10.1. The van der Waals surface area contributed by atoms with Crippen molar-refractivity contribution in [3.8, 4) is 5.75 Å². The number of anilines is 1. The molecule has 6 heteroatoms. The summed E-state index contributed by atoms with van der Waals surface area (Å²) in [5, 5.41) is 0. The minimum atomic E-state index is -3.92. The molecule has 0 spiro atoms. The maximum Gasteiger partial charge on any atom is 0.339 e. The SMILES string of the molecule is Cc1cccc(C)c1OS(=O)(=O)c1ccc(N2CCCC2=O)cc1. The lowest BCUT2D eigenvalue weighted by molar-refractivity contribution is -0.117. The van der Waals surface area contributed by atoms with Crippen LogP contribution in [-0.4, -0.2) is 20.9 Å². The van der Waals surface area contributed by atoms with Gasteiger partial charge >= 0.3 is 10.1 Å². The van der Waals surface area contributed by atoms with Gasteiger partial charge in [-0.2, -0.15) is 8.42 Å². The van der Waals surface area contributed by atoms with Crippen LogP contribution in [0, 0.1) is 13.8 Å². The van der Waals surface area contributed by atoms with Gasteiger partial charge in [-0.15, -0.1) is 0 Å². The molecule has 0 atom stereocenters. The molecule has 1 aliphatic rings. The molecule has 0 aromatic heterocycles. The third-order valence-electron chi connectivity index (χ3n) is 4.11. The van der Waals surface area contributed by atoms with Crippen molar-refractivity contribution < 1.29 is 17.4 Å². The number of amides is 1. The summed E-state index contributed by atoms with van der Waals surface area (Å²) in [5.41, 5.74) is 2.24. The number of rotatable bonds is 4. The highest BCUT2D eigenvalue weighted by Gasteiger charge is 2.23. The molecule has 0 saturated carbocycles. The molecule has 3 rings (SSSR count). The molecule has 2 aromatic rings. The third-order valence-corrected chi connectivity index (χ3v) is 5.35. The van der Waals surface area contributed by atoms with Crippen LogP contribution in [0.15, 0.2) is 47.4 Å². The highest BCUT2D eigenvalue weighted by Crippen LogP contribution is 2.28. The van der Waals surface area contributed by atoms with Crippen molar-refractivity contribution in [2.24, 2.45) is 0 Å². The number of benzene rings is 2. The fourth-order valence-corrected chi connectivity index (χ4v) is 3.85. The highest BCUT2D eigenvalue weighted by atomic mass is 32.2. The van der Waals surface area contributed by atoms with Crippen LogP contribution >= 0.6 is 0 Å². The van der Waals surface area contributed by atoms with E-state index < -0.39 is 10.1 Å². The first-order valence-corrected chi connectivity index (χ1v) is 9.20. The average Bonchev–Trinajstić information content (AvgIpc) is 2.97. The van der Waals surface area contributed by atoms with E-state index in [0.717, 1.165) is 17.5 Å². The van der Waals surface area contributed by atoms with Gasteiger partial charge in [0.25, 0.3) is 0 Å². The molecule has 0 aliphatic carbocycles. The topological polar surface area (TPSA) is 63.7 Å². The number of carbonyl (C=O) groups excluding carboxylic acids is 1. The standard InChI is InChI=1S/C18H19NO4S/c1-13-5-3-6-14(2)18(13)23-24(21,22)16-10-8-15(9-11-16)19-12-4-7-17(19)20/h3,5-6,8-11H,4,7,12H2,1-2H3. The van der Waals surface area contributed by atoms with Gasteiger partial charge in [0.1, 0.15) is 10.6 Å². The molecule has 1 heterocycles. The predicted octanol–water partition coefficient (Wildman–Crippen LogP) is 3.20. The molecular weight excluding hydrogens is 326 g/mol. The largest absolute Gasteiger partial charge is 0.378 e. The Morgan fingerprint density at radius 1 is 1.00 bits per heavy atom. The molecular formula is C18H19NO4S. The number of para-hydroxylation sites is 1. The van der Waals surface area contributed by atoms with Gasteiger partial charge in [0.2, 0.25) is 5.91 Å². The van der Waals surface area contributed by atoms with Crippen LogP contribution in [0.4, 0.5) is 5.69 Å². The molecule has 24 heavy (non-hydrogen) atoms. The zero-order valence-corrected chi connectivity index (χ0v) is 14.5. The normalized spacial score (nSPS) is 14.9. The minimum Gasteiger partial charge on any atom is -0.378 e. The van der Waals surface area contributed by atoms with Crippen molar-refractivity contribution in [3.05, 3.63) is 53.6 Å². The van der Waals surface area contributed by atoms with Gasteiger partial charge in [-0.25, -0.2) is 0 Å². The first-order chi connectivity index (χ1) is 11.4. The van der Waals surface area contributed by atoms with E-state index in [2.05, 4.69) is 0 Å². The van der Waals surface area contributed by atoms with E-state index in [4.69, 9.17) is 4.18 Å². The van der Waals surface area contributed by atoms with Crippen LogP contribution in [0.5, 0.6) is 5.75 Å². The van der Waals surface area contributed by atoms with Crippen molar-refractivity contribution in [3.63, 3.8) is 0 Å². The van der Waals surface area contributed by atoms with Crippen molar-refractivity contribution in [1.29, 1.82) is 0 Å². The summed E-state index contributed by atoms with van der Waals surface area (Å²) in [6.07, 6.45) is 1.37. The van der Waals surface area contributed by atoms with E-state index in [9.17, 15) is 13.2 Å². The second-order valence-electron chi connectivity index (χ2n) is 5.90. The number of hydrogen-bond acceptors (Lipinski definition) is 4. The molecule has 1 saturated heterocycles. The molecule has 126 valence electrons. The summed E-state index contributed by atoms with van der Waals surface area (Å²) in [6, 6.07) is 11.7. The molecule has 2 aromatic carbocycles. The average molecular weight is 345 g/mol. The van der Waals surface area contributed by atoms with E-state index in [1.54, 1.807) is 43.0 Å². The fourth-order valence-electron chi connectivity index (χ4n) is 2.80. The molecule has 1 fully saturated rings. The van der Waals surface area contributed by atoms with Crippen molar-refractivity contribution in [2.45, 2.75) is 31.6 Å². The van der Waals surface area contributed by atoms with Gasteiger partial charge in [-0.1, -0.05) is 18.2 Å². The van der Waals surface area contributed by atoms with Gasteiger partial charge < -0.3 is 9.08 Å². The number of carbonyl (C=O) groups is 1. The summed E-state index contributed by atoms with van der Waals surface area (Å²) < 4.78 is 30.3. The van der Waals surface area contributed by atoms with Crippen LogP contribution in [0.2, 0.25) is 0 Å². The second-order valence-corrected chi connectivity index (χ2v) is 7.45. The van der Waals surface area contributed by atoms with E-state index in [-0.39, 0.29) is 10.8 Å². The first-order valence-electron chi connectivity index (χ1n) is 7.79. The Bertz CT molecular complexity index is 852. The Hall–Kier alpha value is -2.34. The molecule has 0 unspecified atom stereocenters. The Kier molecular flexibility index (Phi) is 4.32. The molecule has 0 N–H and O–H groups in total. The summed E-state index contributed by atoms with van der Waals surface area (Å²) in [6.45, 7) is 4.28. The maximum absolute atomic E-state index is 12.5. The minimum absolute atomic E-state index is 0.0670. The van der Waals surface area contributed by atoms with E-state index in [0.29, 0.717) is 24.4 Å². The van der Waals surface area contributed by atoms with Gasteiger partial charge in [0.05, 0.1) is 0 Å². The lowest BCUT2D eigenvalue weighted by Crippen LogP contribution is -2.23. The Morgan fingerprint density at radius 2 is 1.62 bits per heavy atom. The third kappa shape index (κ3) is 3.14. The van der Waals surface area contributed by atoms with Crippen molar-refractivity contribution >= 4 is 21.7 Å². The van der Waals surface area contributed by atoms with Crippen molar-refractivity contribution in [2.75, 3.05) is 11.4 Å².